The van der Waals surface area contributed by atoms with Crippen molar-refractivity contribution in [3.05, 3.63) is 35.7 Å². The van der Waals surface area contributed by atoms with E-state index in [-0.39, 0.29) is 5.91 Å². The SMILES string of the molecule is O=C(CCC1CCCC1)N1CCN(Cc2nnnn2-c2ccc(F)c(F)c2)CC1. The van der Waals surface area contributed by atoms with Gasteiger partial charge in [0.15, 0.2) is 17.5 Å². The summed E-state index contributed by atoms with van der Waals surface area (Å²) in [7, 11) is 0. The molecule has 2 aromatic rings. The molecule has 1 saturated carbocycles. The van der Waals surface area contributed by atoms with E-state index in [1.165, 1.54) is 36.4 Å². The number of halogens is 2. The van der Waals surface area contributed by atoms with Crippen molar-refractivity contribution in [1.29, 1.82) is 0 Å². The third kappa shape index (κ3) is 4.77. The highest BCUT2D eigenvalue weighted by Crippen LogP contribution is 2.28. The summed E-state index contributed by atoms with van der Waals surface area (Å²) < 4.78 is 28.1. The minimum atomic E-state index is -0.936. The van der Waals surface area contributed by atoms with Gasteiger partial charge in [-0.2, -0.15) is 4.68 Å². The molecule has 1 aliphatic heterocycles. The summed E-state index contributed by atoms with van der Waals surface area (Å²) in [6, 6.07) is 3.58. The van der Waals surface area contributed by atoms with Crippen LogP contribution >= 0.6 is 0 Å². The maximum Gasteiger partial charge on any atom is 0.222 e. The molecule has 1 amide bonds. The normalized spacial score (nSPS) is 18.5. The van der Waals surface area contributed by atoms with Crippen LogP contribution < -0.4 is 0 Å². The zero-order chi connectivity index (χ0) is 20.2. The van der Waals surface area contributed by atoms with Crippen molar-refractivity contribution in [2.24, 2.45) is 5.92 Å². The molecule has 1 aliphatic carbocycles. The molecule has 7 nitrogen and oxygen atoms in total. The van der Waals surface area contributed by atoms with Gasteiger partial charge >= 0.3 is 0 Å². The number of aromatic nitrogens is 4. The lowest BCUT2D eigenvalue weighted by Crippen LogP contribution is -2.48. The Morgan fingerprint density at radius 2 is 1.83 bits per heavy atom. The van der Waals surface area contributed by atoms with Gasteiger partial charge in [0.25, 0.3) is 0 Å². The van der Waals surface area contributed by atoms with Gasteiger partial charge in [-0.3, -0.25) is 9.69 Å². The van der Waals surface area contributed by atoms with E-state index in [0.29, 0.717) is 37.6 Å². The van der Waals surface area contributed by atoms with Gasteiger partial charge in [0.1, 0.15) is 0 Å². The second-order valence-corrected chi connectivity index (χ2v) is 7.95. The highest BCUT2D eigenvalue weighted by Gasteiger charge is 2.24. The number of hydrogen-bond donors (Lipinski definition) is 0. The minimum absolute atomic E-state index is 0.253. The predicted molar refractivity (Wildman–Crippen MR) is 102 cm³/mol. The fourth-order valence-electron chi connectivity index (χ4n) is 4.26. The average Bonchev–Trinajstić information content (AvgIpc) is 3.41. The summed E-state index contributed by atoms with van der Waals surface area (Å²) in [6.07, 6.45) is 6.83. The molecule has 0 unspecified atom stereocenters. The van der Waals surface area contributed by atoms with Gasteiger partial charge in [-0.25, -0.2) is 8.78 Å². The van der Waals surface area contributed by atoms with Crippen molar-refractivity contribution < 1.29 is 13.6 Å². The van der Waals surface area contributed by atoms with Crippen LogP contribution in [-0.4, -0.2) is 62.1 Å². The number of nitrogens with zero attached hydrogens (tertiary/aromatic N) is 6. The molecule has 0 spiro atoms. The lowest BCUT2D eigenvalue weighted by atomic mass is 10.0. The summed E-state index contributed by atoms with van der Waals surface area (Å²) in [5.74, 6) is -0.304. The molecular formula is C20H26F2N6O. The van der Waals surface area contributed by atoms with Crippen LogP contribution in [0, 0.1) is 17.6 Å². The lowest BCUT2D eigenvalue weighted by Gasteiger charge is -2.34. The van der Waals surface area contributed by atoms with Crippen LogP contribution in [0.15, 0.2) is 18.2 Å². The first-order valence-corrected chi connectivity index (χ1v) is 10.3. The summed E-state index contributed by atoms with van der Waals surface area (Å²) in [4.78, 5) is 16.6. The lowest BCUT2D eigenvalue weighted by molar-refractivity contribution is -0.133. The maximum absolute atomic E-state index is 13.5. The first-order valence-electron chi connectivity index (χ1n) is 10.3. The van der Waals surface area contributed by atoms with E-state index in [0.717, 1.165) is 37.6 Å². The Morgan fingerprint density at radius 1 is 1.07 bits per heavy atom. The quantitative estimate of drug-likeness (QED) is 0.740. The van der Waals surface area contributed by atoms with Crippen LogP contribution in [0.5, 0.6) is 0 Å². The van der Waals surface area contributed by atoms with Crippen LogP contribution in [0.2, 0.25) is 0 Å². The van der Waals surface area contributed by atoms with Crippen LogP contribution in [0.3, 0.4) is 0 Å². The van der Waals surface area contributed by atoms with Gasteiger partial charge in [0.2, 0.25) is 5.91 Å². The third-order valence-corrected chi connectivity index (χ3v) is 6.01. The molecule has 1 aromatic heterocycles. The molecule has 156 valence electrons. The van der Waals surface area contributed by atoms with Crippen molar-refractivity contribution in [3.8, 4) is 5.69 Å². The predicted octanol–water partition coefficient (Wildman–Crippen LogP) is 2.56. The topological polar surface area (TPSA) is 67.2 Å². The van der Waals surface area contributed by atoms with E-state index >= 15 is 0 Å². The van der Waals surface area contributed by atoms with Crippen LogP contribution in [0.25, 0.3) is 5.69 Å². The van der Waals surface area contributed by atoms with Crippen LogP contribution in [0.4, 0.5) is 8.78 Å². The zero-order valence-electron chi connectivity index (χ0n) is 16.4. The van der Waals surface area contributed by atoms with E-state index < -0.39 is 11.6 Å². The second-order valence-electron chi connectivity index (χ2n) is 7.95. The van der Waals surface area contributed by atoms with Crippen molar-refractivity contribution in [2.75, 3.05) is 26.2 Å². The summed E-state index contributed by atoms with van der Waals surface area (Å²) in [5.41, 5.74) is 0.379. The summed E-state index contributed by atoms with van der Waals surface area (Å²) >= 11 is 0. The molecule has 1 aromatic carbocycles. The number of rotatable bonds is 6. The van der Waals surface area contributed by atoms with Crippen molar-refractivity contribution >= 4 is 5.91 Å². The van der Waals surface area contributed by atoms with E-state index in [4.69, 9.17) is 0 Å². The van der Waals surface area contributed by atoms with Crippen LogP contribution in [-0.2, 0) is 11.3 Å². The van der Waals surface area contributed by atoms with E-state index in [9.17, 15) is 13.6 Å². The molecule has 2 fully saturated rings. The molecule has 29 heavy (non-hydrogen) atoms. The first-order chi connectivity index (χ1) is 14.1. The average molecular weight is 404 g/mol. The molecule has 0 bridgehead atoms. The van der Waals surface area contributed by atoms with Gasteiger partial charge in [-0.05, 0) is 34.9 Å². The van der Waals surface area contributed by atoms with E-state index in [1.54, 1.807) is 0 Å². The molecule has 0 N–H and O–H groups in total. The number of piperazine rings is 1. The van der Waals surface area contributed by atoms with Gasteiger partial charge in [-0.15, -0.1) is 5.10 Å². The van der Waals surface area contributed by atoms with E-state index in [1.807, 2.05) is 4.90 Å². The number of benzene rings is 1. The molecular weight excluding hydrogens is 378 g/mol. The second kappa shape index (κ2) is 8.94. The molecule has 0 atom stereocenters. The zero-order valence-corrected chi connectivity index (χ0v) is 16.4. The maximum atomic E-state index is 13.5. The van der Waals surface area contributed by atoms with Gasteiger partial charge in [0, 0.05) is 38.7 Å². The number of amides is 1. The number of carbonyl (C=O) groups excluding carboxylic acids is 1. The smallest absolute Gasteiger partial charge is 0.222 e. The van der Waals surface area contributed by atoms with Crippen LogP contribution in [0.1, 0.15) is 44.3 Å². The Kier molecular flexibility index (Phi) is 6.13. The fourth-order valence-corrected chi connectivity index (χ4v) is 4.26. The highest BCUT2D eigenvalue weighted by molar-refractivity contribution is 5.76. The first kappa shape index (κ1) is 19.9. The Bertz CT molecular complexity index is 843. The Morgan fingerprint density at radius 3 is 2.55 bits per heavy atom. The summed E-state index contributed by atoms with van der Waals surface area (Å²) in [5, 5.41) is 11.6. The summed E-state index contributed by atoms with van der Waals surface area (Å²) in [6.45, 7) is 3.34. The van der Waals surface area contributed by atoms with Gasteiger partial charge in [-0.1, -0.05) is 25.7 Å². The Balaban J connectivity index is 1.29. The molecule has 0 radical (unpaired) electrons. The van der Waals surface area contributed by atoms with Crippen molar-refractivity contribution in [1.82, 2.24) is 30.0 Å². The standard InChI is InChI=1S/C20H26F2N6O/c21-17-7-6-16(13-18(17)22)28-19(23-24-25-28)14-26-9-11-27(12-10-26)20(29)8-5-15-3-1-2-4-15/h6-7,13,15H,1-5,8-12,14H2. The third-order valence-electron chi connectivity index (χ3n) is 6.01. The van der Waals surface area contributed by atoms with Crippen molar-refractivity contribution in [2.45, 2.75) is 45.1 Å². The Hall–Kier alpha value is -2.42. The minimum Gasteiger partial charge on any atom is -0.340 e. The molecule has 2 aliphatic rings. The number of hydrogen-bond acceptors (Lipinski definition) is 5. The molecule has 9 heteroatoms. The number of carbonyl (C=O) groups is 1. The van der Waals surface area contributed by atoms with E-state index in [2.05, 4.69) is 20.4 Å². The number of tetrazole rings is 1. The highest BCUT2D eigenvalue weighted by atomic mass is 19.2. The molecule has 4 rings (SSSR count). The fraction of sp³-hybridized carbons (Fsp3) is 0.600. The molecule has 1 saturated heterocycles. The van der Waals surface area contributed by atoms with Gasteiger partial charge in [0.05, 0.1) is 12.2 Å². The van der Waals surface area contributed by atoms with Crippen molar-refractivity contribution in [3.63, 3.8) is 0 Å². The van der Waals surface area contributed by atoms with Gasteiger partial charge < -0.3 is 4.90 Å². The largest absolute Gasteiger partial charge is 0.340 e. The Labute approximate surface area is 168 Å². The molecule has 2 heterocycles. The monoisotopic (exact) mass is 404 g/mol.